The zero-order chi connectivity index (χ0) is 9.40. The minimum absolute atomic E-state index is 0.400. The Kier molecular flexibility index (Phi) is 6.48. The second kappa shape index (κ2) is 6.92. The van der Waals surface area contributed by atoms with Crippen LogP contribution in [0.1, 0.15) is 0 Å². The quantitative estimate of drug-likeness (QED) is 0.206. The van der Waals surface area contributed by atoms with Crippen LogP contribution in [0.5, 0.6) is 0 Å². The van der Waals surface area contributed by atoms with Crippen LogP contribution in [0.3, 0.4) is 0 Å². The SMILES string of the molecule is CN/N=C(/N)SS/C(N)=N\NC. The molecule has 0 saturated heterocycles. The highest BCUT2D eigenvalue weighted by atomic mass is 33.1. The summed E-state index contributed by atoms with van der Waals surface area (Å²) in [6.45, 7) is 0. The van der Waals surface area contributed by atoms with Gasteiger partial charge in [-0.3, -0.25) is 0 Å². The van der Waals surface area contributed by atoms with Gasteiger partial charge in [-0.25, -0.2) is 0 Å². The Morgan fingerprint density at radius 1 is 1.00 bits per heavy atom. The summed E-state index contributed by atoms with van der Waals surface area (Å²) in [6, 6.07) is 0. The summed E-state index contributed by atoms with van der Waals surface area (Å²) in [6.07, 6.45) is 0. The fourth-order valence-electron chi connectivity index (χ4n) is 0.343. The fraction of sp³-hybridized carbons (Fsp3) is 0.500. The molecule has 8 heteroatoms. The van der Waals surface area contributed by atoms with Gasteiger partial charge < -0.3 is 22.3 Å². The third kappa shape index (κ3) is 5.98. The van der Waals surface area contributed by atoms with Gasteiger partial charge in [0.25, 0.3) is 0 Å². The van der Waals surface area contributed by atoms with Crippen molar-refractivity contribution in [3.63, 3.8) is 0 Å². The number of nitrogens with one attached hydrogen (secondary N) is 2. The molecule has 0 aliphatic carbocycles. The van der Waals surface area contributed by atoms with Gasteiger partial charge in [0.1, 0.15) is 0 Å². The lowest BCUT2D eigenvalue weighted by atomic mass is 11.3. The zero-order valence-corrected chi connectivity index (χ0v) is 8.50. The summed E-state index contributed by atoms with van der Waals surface area (Å²) >= 11 is 0. The first-order valence-corrected chi connectivity index (χ1v) is 5.20. The van der Waals surface area contributed by atoms with Gasteiger partial charge in [-0.05, 0) is 21.6 Å². The lowest BCUT2D eigenvalue weighted by Crippen LogP contribution is -2.14. The predicted molar refractivity (Wildman–Crippen MR) is 56.5 cm³/mol. The molecular weight excluding hydrogens is 196 g/mol. The lowest BCUT2D eigenvalue weighted by molar-refractivity contribution is 0.903. The molecule has 0 aromatic carbocycles. The Hall–Kier alpha value is -0.760. The number of hydrogen-bond acceptors (Lipinski definition) is 6. The smallest absolute Gasteiger partial charge is 0.188 e. The molecule has 0 atom stereocenters. The Morgan fingerprint density at radius 3 is 1.58 bits per heavy atom. The number of hydrogen-bond donors (Lipinski definition) is 4. The molecule has 12 heavy (non-hydrogen) atoms. The maximum atomic E-state index is 5.43. The van der Waals surface area contributed by atoms with E-state index in [4.69, 9.17) is 11.5 Å². The first-order valence-electron chi connectivity index (χ1n) is 3.05. The van der Waals surface area contributed by atoms with E-state index < -0.39 is 0 Å². The summed E-state index contributed by atoms with van der Waals surface area (Å²) in [5.74, 6) is 0. The van der Waals surface area contributed by atoms with Gasteiger partial charge in [-0.2, -0.15) is 10.2 Å². The summed E-state index contributed by atoms with van der Waals surface area (Å²) in [5.41, 5.74) is 16.0. The first-order chi connectivity index (χ1) is 5.70. The topological polar surface area (TPSA) is 101 Å². The highest BCUT2D eigenvalue weighted by molar-refractivity contribution is 8.87. The monoisotopic (exact) mass is 208 g/mol. The molecule has 0 rings (SSSR count). The Morgan fingerprint density at radius 2 is 1.33 bits per heavy atom. The molecule has 0 bridgehead atoms. The fourth-order valence-corrected chi connectivity index (χ4v) is 1.51. The van der Waals surface area contributed by atoms with E-state index in [1.807, 2.05) is 0 Å². The van der Waals surface area contributed by atoms with Crippen molar-refractivity contribution in [3.05, 3.63) is 0 Å². The second-order valence-corrected chi connectivity index (χ2v) is 3.68. The summed E-state index contributed by atoms with van der Waals surface area (Å²) in [5, 5.41) is 8.22. The molecule has 70 valence electrons. The summed E-state index contributed by atoms with van der Waals surface area (Å²) < 4.78 is 0. The van der Waals surface area contributed by atoms with Crippen molar-refractivity contribution >= 4 is 31.9 Å². The molecule has 0 unspecified atom stereocenters. The Balaban J connectivity index is 3.68. The number of amidine groups is 2. The van der Waals surface area contributed by atoms with E-state index in [2.05, 4.69) is 21.1 Å². The van der Waals surface area contributed by atoms with Crippen molar-refractivity contribution in [2.45, 2.75) is 0 Å². The van der Waals surface area contributed by atoms with Crippen molar-refractivity contribution in [3.8, 4) is 0 Å². The van der Waals surface area contributed by atoms with Crippen LogP contribution in [0.25, 0.3) is 0 Å². The molecule has 0 aromatic heterocycles. The predicted octanol–water partition coefficient (Wildman–Crippen LogP) is -0.734. The van der Waals surface area contributed by atoms with E-state index in [-0.39, 0.29) is 0 Å². The summed E-state index contributed by atoms with van der Waals surface area (Å²) in [7, 11) is 5.81. The first kappa shape index (κ1) is 11.2. The van der Waals surface area contributed by atoms with Crippen molar-refractivity contribution in [1.29, 1.82) is 0 Å². The molecule has 0 aliphatic heterocycles. The molecular formula is C4H12N6S2. The van der Waals surface area contributed by atoms with Crippen molar-refractivity contribution in [2.24, 2.45) is 21.7 Å². The van der Waals surface area contributed by atoms with E-state index in [0.717, 1.165) is 0 Å². The molecule has 6 N–H and O–H groups in total. The maximum Gasteiger partial charge on any atom is 0.188 e. The zero-order valence-electron chi connectivity index (χ0n) is 6.87. The normalized spacial score (nSPS) is 12.8. The van der Waals surface area contributed by atoms with Gasteiger partial charge in [0.2, 0.25) is 0 Å². The van der Waals surface area contributed by atoms with Gasteiger partial charge in [0.15, 0.2) is 10.3 Å². The molecule has 0 aliphatic rings. The molecule has 0 heterocycles. The number of nitrogens with two attached hydrogens (primary N) is 2. The average Bonchev–Trinajstić information content (AvgIpc) is 2.02. The molecule has 0 amide bonds. The maximum absolute atomic E-state index is 5.43. The lowest BCUT2D eigenvalue weighted by Gasteiger charge is -1.98. The third-order valence-electron chi connectivity index (χ3n) is 0.656. The van der Waals surface area contributed by atoms with Crippen LogP contribution in [0.4, 0.5) is 0 Å². The molecule has 0 aromatic rings. The molecule has 6 nitrogen and oxygen atoms in total. The van der Waals surface area contributed by atoms with E-state index in [0.29, 0.717) is 10.3 Å². The number of hydrazone groups is 2. The van der Waals surface area contributed by atoms with Crippen LogP contribution < -0.4 is 22.3 Å². The highest BCUT2D eigenvalue weighted by Crippen LogP contribution is 2.19. The highest BCUT2D eigenvalue weighted by Gasteiger charge is 1.97. The van der Waals surface area contributed by atoms with E-state index in [1.165, 1.54) is 21.6 Å². The van der Waals surface area contributed by atoms with Gasteiger partial charge in [-0.15, -0.1) is 0 Å². The van der Waals surface area contributed by atoms with Crippen molar-refractivity contribution < 1.29 is 0 Å². The van der Waals surface area contributed by atoms with Gasteiger partial charge in [0.05, 0.1) is 0 Å². The Labute approximate surface area is 79.0 Å². The minimum Gasteiger partial charge on any atom is -0.376 e. The number of nitrogens with zero attached hydrogens (tertiary/aromatic N) is 2. The van der Waals surface area contributed by atoms with Crippen LogP contribution >= 0.6 is 21.6 Å². The second-order valence-electron chi connectivity index (χ2n) is 1.51. The van der Waals surface area contributed by atoms with Crippen LogP contribution in [-0.4, -0.2) is 24.4 Å². The largest absolute Gasteiger partial charge is 0.376 e. The van der Waals surface area contributed by atoms with E-state index >= 15 is 0 Å². The van der Waals surface area contributed by atoms with Crippen LogP contribution in [0.15, 0.2) is 10.2 Å². The van der Waals surface area contributed by atoms with Crippen LogP contribution in [-0.2, 0) is 0 Å². The van der Waals surface area contributed by atoms with Crippen LogP contribution in [0.2, 0.25) is 0 Å². The summed E-state index contributed by atoms with van der Waals surface area (Å²) in [4.78, 5) is 0. The molecule has 0 radical (unpaired) electrons. The number of rotatable bonds is 2. The molecule has 0 saturated carbocycles. The minimum atomic E-state index is 0.400. The van der Waals surface area contributed by atoms with Gasteiger partial charge >= 0.3 is 0 Å². The Bertz CT molecular complexity index is 158. The van der Waals surface area contributed by atoms with Gasteiger partial charge in [0, 0.05) is 14.1 Å². The molecule has 0 fully saturated rings. The average molecular weight is 208 g/mol. The van der Waals surface area contributed by atoms with Crippen molar-refractivity contribution in [2.75, 3.05) is 14.1 Å². The standard InChI is InChI=1S/C4H12N6S2/c1-7-9-3(5)11-12-4(6)10-8-2/h7-8H,1-2H3,(H2,5,9)(H2,6,10). The van der Waals surface area contributed by atoms with E-state index in [9.17, 15) is 0 Å². The van der Waals surface area contributed by atoms with E-state index in [1.54, 1.807) is 14.1 Å². The van der Waals surface area contributed by atoms with Gasteiger partial charge in [-0.1, -0.05) is 0 Å². The third-order valence-corrected chi connectivity index (χ3v) is 2.54. The van der Waals surface area contributed by atoms with Crippen molar-refractivity contribution in [1.82, 2.24) is 10.9 Å². The molecule has 0 spiro atoms. The van der Waals surface area contributed by atoms with Crippen LogP contribution in [0, 0.1) is 0 Å².